The molecule has 0 aromatic heterocycles. The summed E-state index contributed by atoms with van der Waals surface area (Å²) in [6.45, 7) is 2.09. The molecule has 0 saturated heterocycles. The lowest BCUT2D eigenvalue weighted by atomic mass is 10.0. The predicted molar refractivity (Wildman–Crippen MR) is 101 cm³/mol. The van der Waals surface area contributed by atoms with Crippen LogP contribution in [0.25, 0.3) is 5.53 Å². The molecule has 0 radical (unpaired) electrons. The van der Waals surface area contributed by atoms with Gasteiger partial charge in [0.05, 0.1) is 6.42 Å². The molecule has 0 N–H and O–H groups in total. The number of benzene rings is 2. The quantitative estimate of drug-likeness (QED) is 0.190. The maximum absolute atomic E-state index is 12.2. The third-order valence-corrected chi connectivity index (χ3v) is 3.78. The summed E-state index contributed by atoms with van der Waals surface area (Å²) in [5.41, 5.74) is 10.4. The SMILES string of the molecule is CCCc1ccc(C#CC(=O)CC(=O)C(=[N+]=[N-])C(=O)c2ccccc2)cc1. The number of carbonyl (C=O) groups is 3. The molecule has 2 rings (SSSR count). The zero-order chi connectivity index (χ0) is 19.6. The van der Waals surface area contributed by atoms with Crippen LogP contribution in [-0.4, -0.2) is 27.9 Å². The van der Waals surface area contributed by atoms with Gasteiger partial charge in [-0.25, -0.2) is 0 Å². The molecule has 0 atom stereocenters. The zero-order valence-corrected chi connectivity index (χ0v) is 14.9. The lowest BCUT2D eigenvalue weighted by Gasteiger charge is -1.97. The van der Waals surface area contributed by atoms with E-state index in [4.69, 9.17) is 5.53 Å². The van der Waals surface area contributed by atoms with Gasteiger partial charge < -0.3 is 5.53 Å². The Kier molecular flexibility index (Phi) is 7.13. The van der Waals surface area contributed by atoms with Gasteiger partial charge in [0, 0.05) is 11.1 Å². The predicted octanol–water partition coefficient (Wildman–Crippen LogP) is 3.07. The van der Waals surface area contributed by atoms with Crippen molar-refractivity contribution in [2.45, 2.75) is 26.2 Å². The van der Waals surface area contributed by atoms with Crippen LogP contribution >= 0.6 is 0 Å². The van der Waals surface area contributed by atoms with E-state index in [1.165, 1.54) is 17.7 Å². The van der Waals surface area contributed by atoms with E-state index in [1.807, 2.05) is 24.3 Å². The van der Waals surface area contributed by atoms with Gasteiger partial charge >= 0.3 is 5.71 Å². The number of nitrogens with zero attached hydrogens (tertiary/aromatic N) is 2. The highest BCUT2D eigenvalue weighted by molar-refractivity contribution is 6.68. The molecule has 2 aromatic rings. The number of carbonyl (C=O) groups excluding carboxylic acids is 3. The van der Waals surface area contributed by atoms with Gasteiger partial charge in [-0.05, 0) is 30.0 Å². The van der Waals surface area contributed by atoms with Crippen molar-refractivity contribution in [2.75, 3.05) is 0 Å². The van der Waals surface area contributed by atoms with E-state index >= 15 is 0 Å². The molecule has 2 aromatic carbocycles. The number of ketones is 3. The van der Waals surface area contributed by atoms with Crippen LogP contribution in [0.5, 0.6) is 0 Å². The first-order chi connectivity index (χ1) is 13.0. The summed E-state index contributed by atoms with van der Waals surface area (Å²) in [7, 11) is 0. The van der Waals surface area contributed by atoms with E-state index in [0.29, 0.717) is 5.56 Å². The van der Waals surface area contributed by atoms with E-state index < -0.39 is 29.5 Å². The molecule has 0 spiro atoms. The standard InChI is InChI=1S/C22H18N2O3/c1-2-6-16-9-11-17(12-10-16)13-14-19(25)15-20(26)21(24-23)22(27)18-7-4-3-5-8-18/h3-5,7-12H,2,6,15H2,1H3. The maximum atomic E-state index is 12.2. The Labute approximate surface area is 157 Å². The van der Waals surface area contributed by atoms with Crippen LogP contribution in [0.2, 0.25) is 0 Å². The van der Waals surface area contributed by atoms with E-state index in [2.05, 4.69) is 23.6 Å². The van der Waals surface area contributed by atoms with Crippen molar-refractivity contribution in [3.8, 4) is 11.8 Å². The number of hydrogen-bond donors (Lipinski definition) is 0. The fraction of sp³-hybridized carbons (Fsp3) is 0.182. The van der Waals surface area contributed by atoms with E-state index in [-0.39, 0.29) is 5.56 Å². The Morgan fingerprint density at radius 1 is 1.00 bits per heavy atom. The third kappa shape index (κ3) is 5.71. The van der Waals surface area contributed by atoms with Crippen LogP contribution in [-0.2, 0) is 16.0 Å². The Morgan fingerprint density at radius 2 is 1.67 bits per heavy atom. The molecule has 0 heterocycles. The van der Waals surface area contributed by atoms with Crippen molar-refractivity contribution in [2.24, 2.45) is 0 Å². The van der Waals surface area contributed by atoms with Gasteiger partial charge in [-0.3, -0.25) is 14.4 Å². The van der Waals surface area contributed by atoms with Gasteiger partial charge in [0.2, 0.25) is 5.78 Å². The molecule has 5 heteroatoms. The topological polar surface area (TPSA) is 87.6 Å². The van der Waals surface area contributed by atoms with Crippen LogP contribution in [0.3, 0.4) is 0 Å². The second-order valence-electron chi connectivity index (χ2n) is 5.86. The van der Waals surface area contributed by atoms with Crippen LogP contribution in [0, 0.1) is 11.8 Å². The van der Waals surface area contributed by atoms with Crippen molar-refractivity contribution in [3.05, 3.63) is 76.8 Å². The minimum Gasteiger partial charge on any atom is -0.360 e. The fourth-order valence-corrected chi connectivity index (χ4v) is 2.41. The van der Waals surface area contributed by atoms with Crippen LogP contribution in [0.15, 0.2) is 54.6 Å². The van der Waals surface area contributed by atoms with Crippen LogP contribution < -0.4 is 0 Å². The number of rotatable bonds is 7. The Bertz CT molecular complexity index is 958. The summed E-state index contributed by atoms with van der Waals surface area (Å²) >= 11 is 0. The number of aryl methyl sites for hydroxylation is 1. The summed E-state index contributed by atoms with van der Waals surface area (Å²) < 4.78 is 0. The molecule has 0 bridgehead atoms. The van der Waals surface area contributed by atoms with Crippen molar-refractivity contribution in [3.63, 3.8) is 0 Å². The molecule has 0 aliphatic rings. The number of Topliss-reactive ketones (excluding diaryl/α,β-unsaturated/α-hetero) is 3. The monoisotopic (exact) mass is 358 g/mol. The van der Waals surface area contributed by atoms with Gasteiger partial charge in [-0.15, -0.1) is 0 Å². The number of hydrogen-bond acceptors (Lipinski definition) is 3. The maximum Gasteiger partial charge on any atom is 0.405 e. The van der Waals surface area contributed by atoms with Gasteiger partial charge in [-0.1, -0.05) is 61.7 Å². The highest BCUT2D eigenvalue weighted by Crippen LogP contribution is 2.06. The normalized spacial score (nSPS) is 9.52. The molecular weight excluding hydrogens is 340 g/mol. The fourth-order valence-electron chi connectivity index (χ4n) is 2.41. The zero-order valence-electron chi connectivity index (χ0n) is 14.9. The lowest BCUT2D eigenvalue weighted by molar-refractivity contribution is -0.122. The highest BCUT2D eigenvalue weighted by atomic mass is 16.2. The molecule has 0 unspecified atom stereocenters. The lowest BCUT2D eigenvalue weighted by Crippen LogP contribution is -2.27. The second kappa shape index (κ2) is 9.76. The first kappa shape index (κ1) is 19.7. The Balaban J connectivity index is 2.03. The van der Waals surface area contributed by atoms with Gasteiger partial charge in [-0.2, -0.15) is 4.79 Å². The molecular formula is C22H18N2O3. The summed E-state index contributed by atoms with van der Waals surface area (Å²) in [6, 6.07) is 15.4. The summed E-state index contributed by atoms with van der Waals surface area (Å²) in [6.07, 6.45) is 1.39. The minimum absolute atomic E-state index is 0.198. The summed E-state index contributed by atoms with van der Waals surface area (Å²) in [5, 5.41) is 0. The van der Waals surface area contributed by atoms with E-state index in [9.17, 15) is 14.4 Å². The van der Waals surface area contributed by atoms with Gasteiger partial charge in [0.15, 0.2) is 0 Å². The van der Waals surface area contributed by atoms with Crippen LogP contribution in [0.1, 0.15) is 41.3 Å². The van der Waals surface area contributed by atoms with Crippen molar-refractivity contribution in [1.82, 2.24) is 0 Å². The molecule has 0 aliphatic heterocycles. The summed E-state index contributed by atoms with van der Waals surface area (Å²) in [4.78, 5) is 39.0. The second-order valence-corrected chi connectivity index (χ2v) is 5.86. The highest BCUT2D eigenvalue weighted by Gasteiger charge is 2.31. The average molecular weight is 358 g/mol. The Hall–Kier alpha value is -3.61. The first-order valence-corrected chi connectivity index (χ1v) is 8.54. The molecule has 0 amide bonds. The Morgan fingerprint density at radius 3 is 2.26 bits per heavy atom. The molecule has 0 saturated carbocycles. The molecule has 134 valence electrons. The van der Waals surface area contributed by atoms with Crippen LogP contribution in [0.4, 0.5) is 0 Å². The summed E-state index contributed by atoms with van der Waals surface area (Å²) in [5.74, 6) is 2.81. The molecule has 0 aliphatic carbocycles. The van der Waals surface area contributed by atoms with Crippen molar-refractivity contribution < 1.29 is 19.2 Å². The average Bonchev–Trinajstić information content (AvgIpc) is 2.69. The van der Waals surface area contributed by atoms with Gasteiger partial charge in [0.25, 0.3) is 11.6 Å². The third-order valence-electron chi connectivity index (χ3n) is 3.78. The van der Waals surface area contributed by atoms with E-state index in [1.54, 1.807) is 18.2 Å². The molecule has 0 fully saturated rings. The minimum atomic E-state index is -0.871. The van der Waals surface area contributed by atoms with Crippen molar-refractivity contribution >= 4 is 23.1 Å². The molecule has 5 nitrogen and oxygen atoms in total. The first-order valence-electron chi connectivity index (χ1n) is 8.54. The molecule has 27 heavy (non-hydrogen) atoms. The van der Waals surface area contributed by atoms with Crippen molar-refractivity contribution in [1.29, 1.82) is 0 Å². The van der Waals surface area contributed by atoms with Gasteiger partial charge in [0.1, 0.15) is 0 Å². The largest absolute Gasteiger partial charge is 0.405 e. The van der Waals surface area contributed by atoms with E-state index in [0.717, 1.165) is 12.8 Å². The smallest absolute Gasteiger partial charge is 0.360 e.